The molecular weight excluding hydrogens is 398 g/mol. The van der Waals surface area contributed by atoms with E-state index >= 15 is 0 Å². The molecule has 3 aromatic rings. The van der Waals surface area contributed by atoms with Gasteiger partial charge in [-0.25, -0.2) is 9.48 Å². The number of aromatic carboxylic acids is 1. The van der Waals surface area contributed by atoms with E-state index in [1.807, 2.05) is 25.1 Å². The first kappa shape index (κ1) is 17.9. The zero-order valence-corrected chi connectivity index (χ0v) is 15.7. The van der Waals surface area contributed by atoms with Gasteiger partial charge in [0, 0.05) is 16.4 Å². The van der Waals surface area contributed by atoms with Crippen LogP contribution in [0.2, 0.25) is 0 Å². The predicted octanol–water partition coefficient (Wildman–Crippen LogP) is 3.99. The number of hydrogen-bond donors (Lipinski definition) is 2. The van der Waals surface area contributed by atoms with Gasteiger partial charge in [0.25, 0.3) is 5.56 Å². The van der Waals surface area contributed by atoms with Gasteiger partial charge in [0.2, 0.25) is 0 Å². The summed E-state index contributed by atoms with van der Waals surface area (Å²) in [6, 6.07) is 11.8. The maximum absolute atomic E-state index is 12.7. The van der Waals surface area contributed by atoms with E-state index in [1.165, 1.54) is 23.0 Å². The predicted molar refractivity (Wildman–Crippen MR) is 104 cm³/mol. The largest absolute Gasteiger partial charge is 0.478 e. The molecule has 1 heterocycles. The minimum atomic E-state index is -0.991. The van der Waals surface area contributed by atoms with Crippen molar-refractivity contribution >= 4 is 33.8 Å². The lowest BCUT2D eigenvalue weighted by Crippen LogP contribution is -2.18. The smallest absolute Gasteiger partial charge is 0.335 e. The molecule has 1 aromatic heterocycles. The molecule has 0 saturated heterocycles. The maximum Gasteiger partial charge on any atom is 0.335 e. The van der Waals surface area contributed by atoms with Gasteiger partial charge in [0.05, 0.1) is 22.5 Å². The summed E-state index contributed by atoms with van der Waals surface area (Å²) < 4.78 is 2.44. The topological polar surface area (TPSA) is 87.4 Å². The van der Waals surface area contributed by atoms with Crippen molar-refractivity contribution < 1.29 is 9.90 Å². The van der Waals surface area contributed by atoms with E-state index in [9.17, 15) is 9.59 Å². The van der Waals surface area contributed by atoms with Gasteiger partial charge >= 0.3 is 5.97 Å². The third-order valence-electron chi connectivity index (χ3n) is 3.97. The number of nitrogens with one attached hydrogen (secondary N) is 1. The Kier molecular flexibility index (Phi) is 4.90. The van der Waals surface area contributed by atoms with Gasteiger partial charge < -0.3 is 5.11 Å². The normalized spacial score (nSPS) is 11.2. The molecule has 0 saturated carbocycles. The van der Waals surface area contributed by atoms with Crippen LogP contribution in [0.3, 0.4) is 0 Å². The molecule has 6 nitrogen and oxygen atoms in total. The minimum absolute atomic E-state index is 0.190. The van der Waals surface area contributed by atoms with Crippen LogP contribution in [0.1, 0.15) is 27.2 Å². The van der Waals surface area contributed by atoms with E-state index < -0.39 is 5.97 Å². The highest BCUT2D eigenvalue weighted by molar-refractivity contribution is 9.10. The van der Waals surface area contributed by atoms with Gasteiger partial charge in [-0.15, -0.1) is 0 Å². The number of rotatable bonds is 4. The summed E-state index contributed by atoms with van der Waals surface area (Å²) in [4.78, 5) is 27.9. The number of carbonyl (C=O) groups is 1. The number of H-pyrrole nitrogens is 1. The average Bonchev–Trinajstić information content (AvgIpc) is 2.87. The fraction of sp³-hybridized carbons (Fsp3) is 0.105. The quantitative estimate of drug-likeness (QED) is 0.633. The third kappa shape index (κ3) is 3.52. The van der Waals surface area contributed by atoms with Crippen molar-refractivity contribution in [1.29, 1.82) is 0 Å². The Labute approximate surface area is 157 Å². The number of aromatic nitrogens is 2. The molecule has 0 radical (unpaired) electrons. The van der Waals surface area contributed by atoms with Crippen molar-refractivity contribution in [3.8, 4) is 5.69 Å². The lowest BCUT2D eigenvalue weighted by Gasteiger charge is -2.06. The Bertz CT molecular complexity index is 1060. The molecule has 0 atom stereocenters. The number of aromatic amines is 1. The van der Waals surface area contributed by atoms with Gasteiger partial charge in [-0.05, 0) is 61.9 Å². The molecule has 0 aliphatic carbocycles. The zero-order valence-electron chi connectivity index (χ0n) is 14.2. The molecule has 0 amide bonds. The first-order valence-electron chi connectivity index (χ1n) is 7.82. The number of nitrogens with zero attached hydrogens (tertiary/aromatic N) is 2. The Morgan fingerprint density at radius 2 is 1.88 bits per heavy atom. The van der Waals surface area contributed by atoms with E-state index in [4.69, 9.17) is 5.11 Å². The summed E-state index contributed by atoms with van der Waals surface area (Å²) in [5.74, 6) is -0.991. The molecule has 0 aliphatic rings. The highest BCUT2D eigenvalue weighted by Gasteiger charge is 2.12. The van der Waals surface area contributed by atoms with Crippen LogP contribution in [0.5, 0.6) is 0 Å². The lowest BCUT2D eigenvalue weighted by atomic mass is 10.2. The van der Waals surface area contributed by atoms with E-state index in [2.05, 4.69) is 26.0 Å². The van der Waals surface area contributed by atoms with Crippen LogP contribution >= 0.6 is 15.9 Å². The molecule has 3 rings (SSSR count). The standard InChI is InChI=1S/C19H16BrN3O3/c1-11-9-14(20)5-8-17(11)23-18(24)16(12(2)22-23)10-21-15-6-3-13(4-7-15)19(25)26/h3-10,22H,1-2H3,(H,25,26). The zero-order chi connectivity index (χ0) is 18.8. The maximum atomic E-state index is 12.7. The SMILES string of the molecule is Cc1cc(Br)ccc1-n1[nH]c(C)c(C=Nc2ccc(C(=O)O)cc2)c1=O. The van der Waals surface area contributed by atoms with E-state index in [0.29, 0.717) is 16.9 Å². The van der Waals surface area contributed by atoms with Crippen LogP contribution in [-0.2, 0) is 0 Å². The fourth-order valence-corrected chi connectivity index (χ4v) is 3.06. The Hall–Kier alpha value is -2.93. The van der Waals surface area contributed by atoms with Gasteiger partial charge in [0.1, 0.15) is 0 Å². The lowest BCUT2D eigenvalue weighted by molar-refractivity contribution is 0.0697. The second kappa shape index (κ2) is 7.13. The number of hydrogen-bond acceptors (Lipinski definition) is 3. The molecule has 2 aromatic carbocycles. The van der Waals surface area contributed by atoms with Gasteiger partial charge in [-0.2, -0.15) is 0 Å². The van der Waals surface area contributed by atoms with Gasteiger partial charge in [0.15, 0.2) is 0 Å². The van der Waals surface area contributed by atoms with Crippen molar-refractivity contribution in [2.75, 3.05) is 0 Å². The van der Waals surface area contributed by atoms with Crippen LogP contribution in [0.25, 0.3) is 5.69 Å². The summed E-state index contributed by atoms with van der Waals surface area (Å²) in [6.45, 7) is 3.74. The van der Waals surface area contributed by atoms with Crippen LogP contribution < -0.4 is 5.56 Å². The first-order valence-corrected chi connectivity index (χ1v) is 8.61. The third-order valence-corrected chi connectivity index (χ3v) is 4.47. The number of benzene rings is 2. The van der Waals surface area contributed by atoms with E-state index in [1.54, 1.807) is 19.1 Å². The molecule has 2 N–H and O–H groups in total. The first-order chi connectivity index (χ1) is 12.4. The van der Waals surface area contributed by atoms with Gasteiger partial charge in [-0.3, -0.25) is 14.9 Å². The number of carboxylic acids is 1. The summed E-state index contributed by atoms with van der Waals surface area (Å²) in [6.07, 6.45) is 1.49. The van der Waals surface area contributed by atoms with E-state index in [0.717, 1.165) is 15.7 Å². The number of halogens is 1. The van der Waals surface area contributed by atoms with Crippen LogP contribution in [0.4, 0.5) is 5.69 Å². The number of aryl methyl sites for hydroxylation is 2. The fourth-order valence-electron chi connectivity index (χ4n) is 2.58. The summed E-state index contributed by atoms with van der Waals surface area (Å²) in [7, 11) is 0. The average molecular weight is 414 g/mol. The molecule has 0 fully saturated rings. The monoisotopic (exact) mass is 413 g/mol. The Morgan fingerprint density at radius 1 is 1.19 bits per heavy atom. The second-order valence-corrected chi connectivity index (χ2v) is 6.75. The molecule has 7 heteroatoms. The second-order valence-electron chi connectivity index (χ2n) is 5.83. The summed E-state index contributed by atoms with van der Waals surface area (Å²) >= 11 is 3.42. The minimum Gasteiger partial charge on any atom is -0.478 e. The van der Waals surface area contributed by atoms with Crippen molar-refractivity contribution in [2.24, 2.45) is 4.99 Å². The Morgan fingerprint density at radius 3 is 2.50 bits per heavy atom. The summed E-state index contributed by atoms with van der Waals surface area (Å²) in [5, 5.41) is 12.0. The van der Waals surface area contributed by atoms with Crippen LogP contribution in [-0.4, -0.2) is 27.1 Å². The molecule has 0 spiro atoms. The molecule has 132 valence electrons. The molecule has 0 bridgehead atoms. The number of carboxylic acid groups (broad SMARTS) is 1. The van der Waals surface area contributed by atoms with E-state index in [-0.39, 0.29) is 11.1 Å². The molecular formula is C19H16BrN3O3. The van der Waals surface area contributed by atoms with Crippen molar-refractivity contribution in [1.82, 2.24) is 9.78 Å². The van der Waals surface area contributed by atoms with Crippen molar-refractivity contribution in [3.05, 3.63) is 79.7 Å². The van der Waals surface area contributed by atoms with Crippen LogP contribution in [0, 0.1) is 13.8 Å². The van der Waals surface area contributed by atoms with Gasteiger partial charge in [-0.1, -0.05) is 15.9 Å². The molecule has 0 aliphatic heterocycles. The highest BCUT2D eigenvalue weighted by atomic mass is 79.9. The highest BCUT2D eigenvalue weighted by Crippen LogP contribution is 2.18. The van der Waals surface area contributed by atoms with Crippen LogP contribution in [0.15, 0.2) is 56.7 Å². The number of aliphatic imine (C=N–C) groups is 1. The van der Waals surface area contributed by atoms with Crippen molar-refractivity contribution in [2.45, 2.75) is 13.8 Å². The summed E-state index contributed by atoms with van der Waals surface area (Å²) in [5.41, 5.74) is 3.44. The molecule has 0 unspecified atom stereocenters. The van der Waals surface area contributed by atoms with Crippen molar-refractivity contribution in [3.63, 3.8) is 0 Å². The Balaban J connectivity index is 1.95. The molecule has 26 heavy (non-hydrogen) atoms.